The maximum Gasteiger partial charge on any atom is 0.351 e. The lowest BCUT2D eigenvalue weighted by Crippen LogP contribution is -2.18. The van der Waals surface area contributed by atoms with E-state index in [-0.39, 0.29) is 17.1 Å². The van der Waals surface area contributed by atoms with Crippen molar-refractivity contribution in [3.63, 3.8) is 0 Å². The fourth-order valence-corrected chi connectivity index (χ4v) is 2.45. The highest BCUT2D eigenvalue weighted by Gasteiger charge is 2.17. The molecule has 0 atom stereocenters. The van der Waals surface area contributed by atoms with Crippen molar-refractivity contribution >= 4 is 22.7 Å². The van der Waals surface area contributed by atoms with Gasteiger partial charge < -0.3 is 13.9 Å². The molecule has 1 heterocycles. The third-order valence-corrected chi connectivity index (χ3v) is 3.87. The monoisotopic (exact) mass is 352 g/mol. The third kappa shape index (κ3) is 3.49. The van der Waals surface area contributed by atoms with E-state index in [4.69, 9.17) is 13.9 Å². The first-order chi connectivity index (χ1) is 12.5. The van der Waals surface area contributed by atoms with Crippen molar-refractivity contribution in [2.45, 2.75) is 13.3 Å². The second kappa shape index (κ2) is 7.23. The largest absolute Gasteiger partial charge is 0.497 e. The van der Waals surface area contributed by atoms with E-state index in [0.29, 0.717) is 28.7 Å². The summed E-state index contributed by atoms with van der Waals surface area (Å²) in [5.41, 5.74) is -0.135. The van der Waals surface area contributed by atoms with Crippen molar-refractivity contribution in [3.05, 3.63) is 70.1 Å². The Hall–Kier alpha value is -3.41. The van der Waals surface area contributed by atoms with Crippen LogP contribution < -0.4 is 15.1 Å². The van der Waals surface area contributed by atoms with E-state index in [2.05, 4.69) is 0 Å². The predicted molar refractivity (Wildman–Crippen MR) is 95.1 cm³/mol. The Morgan fingerprint density at radius 1 is 1.00 bits per heavy atom. The highest BCUT2D eigenvalue weighted by atomic mass is 16.5. The second-order valence-corrected chi connectivity index (χ2v) is 5.54. The van der Waals surface area contributed by atoms with E-state index in [1.807, 2.05) is 0 Å². The van der Waals surface area contributed by atoms with E-state index in [1.165, 1.54) is 25.3 Å². The summed E-state index contributed by atoms with van der Waals surface area (Å²) in [6.07, 6.45) is 0.390. The number of methoxy groups -OCH3 is 1. The quantitative estimate of drug-likeness (QED) is 0.302. The van der Waals surface area contributed by atoms with Gasteiger partial charge in [0.25, 0.3) is 0 Å². The number of Topliss-reactive ketones (excluding diaryl/α,β-unsaturated/α-hetero) is 1. The van der Waals surface area contributed by atoms with Gasteiger partial charge in [0, 0.05) is 17.4 Å². The molecule has 0 aliphatic rings. The van der Waals surface area contributed by atoms with Gasteiger partial charge in [0.2, 0.25) is 0 Å². The smallest absolute Gasteiger partial charge is 0.351 e. The van der Waals surface area contributed by atoms with Crippen molar-refractivity contribution in [3.8, 4) is 11.5 Å². The summed E-state index contributed by atoms with van der Waals surface area (Å²) in [4.78, 5) is 36.0. The first-order valence-corrected chi connectivity index (χ1v) is 7.99. The summed E-state index contributed by atoms with van der Waals surface area (Å²) in [5, 5.41) is 0.541. The fraction of sp³-hybridized carbons (Fsp3) is 0.150. The van der Waals surface area contributed by atoms with Crippen LogP contribution in [0.5, 0.6) is 11.5 Å². The van der Waals surface area contributed by atoms with Crippen LogP contribution in [-0.2, 0) is 0 Å². The average Bonchev–Trinajstić information content (AvgIpc) is 2.67. The number of esters is 1. The molecule has 6 heteroatoms. The van der Waals surface area contributed by atoms with Crippen LogP contribution in [0.15, 0.2) is 57.7 Å². The van der Waals surface area contributed by atoms with Crippen molar-refractivity contribution in [2.24, 2.45) is 0 Å². The van der Waals surface area contributed by atoms with E-state index in [9.17, 15) is 14.4 Å². The second-order valence-electron chi connectivity index (χ2n) is 5.54. The molecule has 0 aliphatic carbocycles. The lowest BCUT2D eigenvalue weighted by Gasteiger charge is -2.06. The molecule has 0 spiro atoms. The molecule has 3 aromatic rings. The summed E-state index contributed by atoms with van der Waals surface area (Å²) in [6.45, 7) is 1.77. The van der Waals surface area contributed by atoms with Gasteiger partial charge in [-0.2, -0.15) is 0 Å². The van der Waals surface area contributed by atoms with Crippen LogP contribution in [0.4, 0.5) is 0 Å². The van der Waals surface area contributed by atoms with Gasteiger partial charge in [-0.05, 0) is 48.5 Å². The van der Waals surface area contributed by atoms with Crippen LogP contribution in [0.3, 0.4) is 0 Å². The van der Waals surface area contributed by atoms with Gasteiger partial charge in [0.1, 0.15) is 22.6 Å². The SMILES string of the molecule is CCC(=O)c1ccc(OC(=O)c2cc3cc(OC)ccc3oc2=O)cc1. The predicted octanol–water partition coefficient (Wildman–Crippen LogP) is 3.61. The summed E-state index contributed by atoms with van der Waals surface area (Å²) >= 11 is 0. The number of ether oxygens (including phenoxy) is 2. The lowest BCUT2D eigenvalue weighted by molar-refractivity contribution is 0.0730. The number of ketones is 1. The maximum absolute atomic E-state index is 12.3. The highest BCUT2D eigenvalue weighted by molar-refractivity contribution is 5.96. The molecule has 0 aliphatic heterocycles. The topological polar surface area (TPSA) is 82.8 Å². The Morgan fingerprint density at radius 2 is 1.69 bits per heavy atom. The van der Waals surface area contributed by atoms with Crippen LogP contribution in [0.1, 0.15) is 34.1 Å². The van der Waals surface area contributed by atoms with Gasteiger partial charge in [0.05, 0.1) is 7.11 Å². The van der Waals surface area contributed by atoms with Gasteiger partial charge in [0.15, 0.2) is 5.78 Å². The fourth-order valence-electron chi connectivity index (χ4n) is 2.45. The Morgan fingerprint density at radius 3 is 2.35 bits per heavy atom. The first kappa shape index (κ1) is 17.4. The van der Waals surface area contributed by atoms with Crippen molar-refractivity contribution in [1.82, 2.24) is 0 Å². The number of fused-ring (bicyclic) bond motifs is 1. The zero-order valence-electron chi connectivity index (χ0n) is 14.3. The van der Waals surface area contributed by atoms with Crippen LogP contribution in [0.2, 0.25) is 0 Å². The minimum atomic E-state index is -0.835. The Kier molecular flexibility index (Phi) is 4.84. The van der Waals surface area contributed by atoms with Crippen molar-refractivity contribution in [2.75, 3.05) is 7.11 Å². The molecule has 6 nitrogen and oxygen atoms in total. The Bertz CT molecular complexity index is 1030. The Labute approximate surface area is 149 Å². The lowest BCUT2D eigenvalue weighted by atomic mass is 10.1. The number of hydrogen-bond donors (Lipinski definition) is 0. The molecule has 0 amide bonds. The molecular weight excluding hydrogens is 336 g/mol. The van der Waals surface area contributed by atoms with E-state index in [1.54, 1.807) is 37.3 Å². The van der Waals surface area contributed by atoms with Crippen LogP contribution >= 0.6 is 0 Å². The molecule has 0 fully saturated rings. The summed E-state index contributed by atoms with van der Waals surface area (Å²) in [7, 11) is 1.52. The number of carbonyl (C=O) groups excluding carboxylic acids is 2. The first-order valence-electron chi connectivity index (χ1n) is 7.99. The van der Waals surface area contributed by atoms with Crippen molar-refractivity contribution in [1.29, 1.82) is 0 Å². The van der Waals surface area contributed by atoms with E-state index in [0.717, 1.165) is 0 Å². The molecule has 0 bridgehead atoms. The average molecular weight is 352 g/mol. The summed E-state index contributed by atoms with van der Waals surface area (Å²) in [6, 6.07) is 12.5. The van der Waals surface area contributed by atoms with E-state index >= 15 is 0 Å². The number of carbonyl (C=O) groups is 2. The summed E-state index contributed by atoms with van der Waals surface area (Å²) in [5.74, 6) is -0.0420. The molecule has 2 aromatic carbocycles. The normalized spacial score (nSPS) is 10.5. The molecule has 0 saturated carbocycles. The molecule has 0 N–H and O–H groups in total. The molecule has 1 aromatic heterocycles. The molecule has 26 heavy (non-hydrogen) atoms. The van der Waals surface area contributed by atoms with Gasteiger partial charge >= 0.3 is 11.6 Å². The minimum Gasteiger partial charge on any atom is -0.497 e. The zero-order valence-corrected chi connectivity index (χ0v) is 14.3. The molecule has 0 unspecified atom stereocenters. The van der Waals surface area contributed by atoms with Crippen LogP contribution in [0, 0.1) is 0 Å². The minimum absolute atomic E-state index is 0.00741. The maximum atomic E-state index is 12.3. The number of rotatable bonds is 5. The number of benzene rings is 2. The zero-order chi connectivity index (χ0) is 18.7. The summed E-state index contributed by atoms with van der Waals surface area (Å²) < 4.78 is 15.5. The molecule has 132 valence electrons. The van der Waals surface area contributed by atoms with E-state index < -0.39 is 11.6 Å². The number of hydrogen-bond acceptors (Lipinski definition) is 6. The molecular formula is C20H16O6. The standard InChI is InChI=1S/C20H16O6/c1-3-17(21)12-4-6-14(7-5-12)25-19(22)16-11-13-10-15(24-2)8-9-18(13)26-20(16)23/h4-11H,3H2,1-2H3. The van der Waals surface area contributed by atoms with Gasteiger partial charge in [-0.1, -0.05) is 6.92 Å². The van der Waals surface area contributed by atoms with Crippen LogP contribution in [0.25, 0.3) is 11.0 Å². The highest BCUT2D eigenvalue weighted by Crippen LogP contribution is 2.21. The van der Waals surface area contributed by atoms with Gasteiger partial charge in [-0.3, -0.25) is 4.79 Å². The third-order valence-electron chi connectivity index (χ3n) is 3.87. The van der Waals surface area contributed by atoms with Gasteiger partial charge in [-0.25, -0.2) is 9.59 Å². The van der Waals surface area contributed by atoms with Crippen LogP contribution in [-0.4, -0.2) is 18.9 Å². The molecule has 3 rings (SSSR count). The molecule has 0 saturated heterocycles. The molecule has 0 radical (unpaired) electrons. The van der Waals surface area contributed by atoms with Gasteiger partial charge in [-0.15, -0.1) is 0 Å². The van der Waals surface area contributed by atoms with Crippen molar-refractivity contribution < 1.29 is 23.5 Å². The Balaban J connectivity index is 1.88.